The molecule has 9 aromatic rings. The van der Waals surface area contributed by atoms with Crippen LogP contribution in [-0.4, -0.2) is 15.0 Å². The molecule has 3 heterocycles. The van der Waals surface area contributed by atoms with Gasteiger partial charge in [-0.3, -0.25) is 4.98 Å². The summed E-state index contributed by atoms with van der Waals surface area (Å²) < 4.78 is 0. The Hall–Kier alpha value is -6.19. The van der Waals surface area contributed by atoms with Gasteiger partial charge < -0.3 is 0 Å². The van der Waals surface area contributed by atoms with Crippen molar-refractivity contribution in [2.24, 2.45) is 0 Å². The second-order valence-electron chi connectivity index (χ2n) is 11.7. The summed E-state index contributed by atoms with van der Waals surface area (Å²) in [7, 11) is 0. The molecule has 0 unspecified atom stereocenters. The maximum absolute atomic E-state index is 5.17. The highest BCUT2D eigenvalue weighted by Crippen LogP contribution is 2.38. The summed E-state index contributed by atoms with van der Waals surface area (Å²) in [4.78, 5) is 14.9. The van der Waals surface area contributed by atoms with E-state index in [0.29, 0.717) is 0 Å². The zero-order valence-electron chi connectivity index (χ0n) is 24.9. The molecule has 214 valence electrons. The first-order valence-electron chi connectivity index (χ1n) is 15.5. The standard InChI is InChI=1S/C43H27N3/c1-3-9-28(10-4-1)37-27-40(30-11-5-2-6-12-30)45-39-23-20-29-16-19-34(26-36(29)41(37)39)33-13-7-14-35(25-33)38-22-21-32-18-17-31-15-8-24-44-42(31)43(32)46-38/h1-27H. The molecule has 3 aromatic heterocycles. The zero-order valence-corrected chi connectivity index (χ0v) is 24.9. The van der Waals surface area contributed by atoms with Crippen molar-refractivity contribution in [3.8, 4) is 44.8 Å². The predicted molar refractivity (Wildman–Crippen MR) is 192 cm³/mol. The number of hydrogen-bond donors (Lipinski definition) is 0. The van der Waals surface area contributed by atoms with Crippen LogP contribution in [0.4, 0.5) is 0 Å². The molecule has 0 fully saturated rings. The first-order chi connectivity index (χ1) is 22.8. The van der Waals surface area contributed by atoms with Crippen molar-refractivity contribution in [1.82, 2.24) is 15.0 Å². The highest BCUT2D eigenvalue weighted by molar-refractivity contribution is 6.14. The molecule has 0 bridgehead atoms. The zero-order chi connectivity index (χ0) is 30.5. The SMILES string of the molecule is c1ccc(-c2cc(-c3ccccc3)c3c(ccc4ccc(-c5cccc(-c6ccc7ccc8cccnc8c7n6)c5)cc43)n2)cc1. The van der Waals surface area contributed by atoms with Gasteiger partial charge in [0.05, 0.1) is 27.9 Å². The first-order valence-corrected chi connectivity index (χ1v) is 15.5. The van der Waals surface area contributed by atoms with Crippen LogP contribution in [0.25, 0.3) is 88.2 Å². The molecule has 0 atom stereocenters. The summed E-state index contributed by atoms with van der Waals surface area (Å²) >= 11 is 0. The summed E-state index contributed by atoms with van der Waals surface area (Å²) in [6.45, 7) is 0. The van der Waals surface area contributed by atoms with E-state index in [-0.39, 0.29) is 0 Å². The Labute approximate surface area is 266 Å². The van der Waals surface area contributed by atoms with E-state index in [4.69, 9.17) is 9.97 Å². The van der Waals surface area contributed by atoms with E-state index in [1.807, 2.05) is 18.3 Å². The van der Waals surface area contributed by atoms with Gasteiger partial charge in [0.15, 0.2) is 0 Å². The van der Waals surface area contributed by atoms with Gasteiger partial charge in [-0.2, -0.15) is 0 Å². The van der Waals surface area contributed by atoms with Crippen LogP contribution in [0, 0.1) is 0 Å². The number of pyridine rings is 3. The maximum Gasteiger partial charge on any atom is 0.0972 e. The summed E-state index contributed by atoms with van der Waals surface area (Å²) in [6.07, 6.45) is 1.83. The fourth-order valence-electron chi connectivity index (χ4n) is 6.58. The smallest absolute Gasteiger partial charge is 0.0972 e. The molecule has 9 rings (SSSR count). The predicted octanol–water partition coefficient (Wildman–Crippen LogP) is 11.2. The van der Waals surface area contributed by atoms with E-state index in [1.54, 1.807) is 0 Å². The highest BCUT2D eigenvalue weighted by atomic mass is 14.8. The van der Waals surface area contributed by atoms with E-state index >= 15 is 0 Å². The lowest BCUT2D eigenvalue weighted by Crippen LogP contribution is -1.92. The van der Waals surface area contributed by atoms with Crippen molar-refractivity contribution in [3.05, 3.63) is 164 Å². The van der Waals surface area contributed by atoms with Crippen LogP contribution in [0.5, 0.6) is 0 Å². The van der Waals surface area contributed by atoms with Gasteiger partial charge in [0.1, 0.15) is 0 Å². The van der Waals surface area contributed by atoms with Crippen molar-refractivity contribution >= 4 is 43.5 Å². The van der Waals surface area contributed by atoms with Gasteiger partial charge in [0, 0.05) is 33.5 Å². The molecule has 0 amide bonds. The van der Waals surface area contributed by atoms with Gasteiger partial charge in [0.25, 0.3) is 0 Å². The molecule has 0 saturated heterocycles. The Morgan fingerprint density at radius 3 is 1.89 bits per heavy atom. The number of nitrogens with zero attached hydrogens (tertiary/aromatic N) is 3. The van der Waals surface area contributed by atoms with Crippen LogP contribution in [-0.2, 0) is 0 Å². The van der Waals surface area contributed by atoms with Crippen molar-refractivity contribution in [3.63, 3.8) is 0 Å². The summed E-state index contributed by atoms with van der Waals surface area (Å²) in [5.74, 6) is 0. The van der Waals surface area contributed by atoms with E-state index in [1.165, 1.54) is 21.9 Å². The number of hydrogen-bond acceptors (Lipinski definition) is 3. The van der Waals surface area contributed by atoms with Crippen molar-refractivity contribution in [2.45, 2.75) is 0 Å². The Bertz CT molecular complexity index is 2570. The minimum Gasteiger partial charge on any atom is -0.254 e. The number of aromatic nitrogens is 3. The molecule has 0 N–H and O–H groups in total. The fourth-order valence-corrected chi connectivity index (χ4v) is 6.58. The second-order valence-corrected chi connectivity index (χ2v) is 11.7. The van der Waals surface area contributed by atoms with E-state index in [2.05, 4.69) is 151 Å². The average Bonchev–Trinajstić information content (AvgIpc) is 3.14. The lowest BCUT2D eigenvalue weighted by atomic mass is 9.92. The molecule has 3 heteroatoms. The van der Waals surface area contributed by atoms with E-state index in [0.717, 1.165) is 66.4 Å². The third-order valence-corrected chi connectivity index (χ3v) is 8.87. The lowest BCUT2D eigenvalue weighted by Gasteiger charge is -2.14. The first kappa shape index (κ1) is 26.2. The van der Waals surface area contributed by atoms with Gasteiger partial charge in [-0.05, 0) is 69.4 Å². The largest absolute Gasteiger partial charge is 0.254 e. The minimum atomic E-state index is 0.925. The molecule has 3 nitrogen and oxygen atoms in total. The van der Waals surface area contributed by atoms with Crippen LogP contribution >= 0.6 is 0 Å². The van der Waals surface area contributed by atoms with Gasteiger partial charge in [-0.25, -0.2) is 9.97 Å². The third-order valence-electron chi connectivity index (χ3n) is 8.87. The Morgan fingerprint density at radius 2 is 1.04 bits per heavy atom. The van der Waals surface area contributed by atoms with Crippen LogP contribution in [0.15, 0.2) is 164 Å². The second kappa shape index (κ2) is 10.8. The summed E-state index contributed by atoms with van der Waals surface area (Å²) in [5.41, 5.74) is 11.6. The topological polar surface area (TPSA) is 38.7 Å². The van der Waals surface area contributed by atoms with Crippen LogP contribution in [0.3, 0.4) is 0 Å². The Balaban J connectivity index is 1.21. The number of benzene rings is 6. The monoisotopic (exact) mass is 585 g/mol. The van der Waals surface area contributed by atoms with Gasteiger partial charge >= 0.3 is 0 Å². The lowest BCUT2D eigenvalue weighted by molar-refractivity contribution is 1.37. The quantitative estimate of drug-likeness (QED) is 0.193. The van der Waals surface area contributed by atoms with E-state index in [9.17, 15) is 0 Å². The minimum absolute atomic E-state index is 0.925. The van der Waals surface area contributed by atoms with Gasteiger partial charge in [-0.15, -0.1) is 0 Å². The number of fused-ring (bicyclic) bond motifs is 6. The Kier molecular flexibility index (Phi) is 6.14. The molecule has 46 heavy (non-hydrogen) atoms. The van der Waals surface area contributed by atoms with Crippen molar-refractivity contribution < 1.29 is 0 Å². The molecule has 0 radical (unpaired) electrons. The van der Waals surface area contributed by atoms with Crippen molar-refractivity contribution in [1.29, 1.82) is 0 Å². The molecule has 0 aliphatic heterocycles. The normalized spacial score (nSPS) is 11.5. The molecule has 0 spiro atoms. The summed E-state index contributed by atoms with van der Waals surface area (Å²) in [5, 5.41) is 5.72. The van der Waals surface area contributed by atoms with Crippen molar-refractivity contribution in [2.75, 3.05) is 0 Å². The molecule has 0 aliphatic carbocycles. The maximum atomic E-state index is 5.17. The van der Waals surface area contributed by atoms with E-state index < -0.39 is 0 Å². The molecular weight excluding hydrogens is 558 g/mol. The highest BCUT2D eigenvalue weighted by Gasteiger charge is 2.14. The summed E-state index contributed by atoms with van der Waals surface area (Å²) in [6, 6.07) is 55.6. The number of rotatable bonds is 4. The molecular formula is C43H27N3. The van der Waals surface area contributed by atoms with Gasteiger partial charge in [0.2, 0.25) is 0 Å². The van der Waals surface area contributed by atoms with Gasteiger partial charge in [-0.1, -0.05) is 121 Å². The Morgan fingerprint density at radius 1 is 0.370 bits per heavy atom. The van der Waals surface area contributed by atoms with Crippen LogP contribution < -0.4 is 0 Å². The molecule has 0 saturated carbocycles. The molecule has 0 aliphatic rings. The molecule has 6 aromatic carbocycles. The van der Waals surface area contributed by atoms with Crippen LogP contribution in [0.2, 0.25) is 0 Å². The van der Waals surface area contributed by atoms with Crippen LogP contribution in [0.1, 0.15) is 0 Å². The average molecular weight is 586 g/mol. The fraction of sp³-hybridized carbons (Fsp3) is 0. The third kappa shape index (κ3) is 4.49.